The minimum Gasteiger partial charge on any atom is -0.416 e. The smallest absolute Gasteiger partial charge is 0.277 e. The molecule has 7 nitrogen and oxygen atoms in total. The third-order valence-corrected chi connectivity index (χ3v) is 7.16. The Bertz CT molecular complexity index is 930. The molecule has 0 unspecified atom stereocenters. The van der Waals surface area contributed by atoms with Crippen LogP contribution in [-0.2, 0) is 21.1 Å². The highest BCUT2D eigenvalue weighted by Gasteiger charge is 2.29. The molecule has 146 valence electrons. The van der Waals surface area contributed by atoms with Crippen LogP contribution >= 0.6 is 11.8 Å². The Labute approximate surface area is 163 Å². The minimum atomic E-state index is -2.92. The fraction of sp³-hybridized carbons (Fsp3) is 0.500. The average molecular weight is 410 g/mol. The third kappa shape index (κ3) is 5.32. The lowest BCUT2D eigenvalue weighted by molar-refractivity contribution is -0.113. The molecule has 27 heavy (non-hydrogen) atoms. The summed E-state index contributed by atoms with van der Waals surface area (Å²) in [5.74, 6) is 0.874. The zero-order valence-electron chi connectivity index (χ0n) is 15.6. The van der Waals surface area contributed by atoms with Crippen LogP contribution < -0.4 is 5.32 Å². The molecule has 2 heterocycles. The summed E-state index contributed by atoms with van der Waals surface area (Å²) < 4.78 is 28.6. The van der Waals surface area contributed by atoms with E-state index in [4.69, 9.17) is 4.42 Å². The summed E-state index contributed by atoms with van der Waals surface area (Å²) in [7, 11) is -2.92. The van der Waals surface area contributed by atoms with Gasteiger partial charge in [0.25, 0.3) is 5.22 Å². The number of benzene rings is 1. The van der Waals surface area contributed by atoms with Crippen LogP contribution in [0, 0.1) is 26.7 Å². The van der Waals surface area contributed by atoms with E-state index in [9.17, 15) is 13.2 Å². The van der Waals surface area contributed by atoms with Crippen LogP contribution in [0.2, 0.25) is 0 Å². The summed E-state index contributed by atoms with van der Waals surface area (Å²) in [4.78, 5) is 12.2. The maximum Gasteiger partial charge on any atom is 0.277 e. The molecule has 0 radical (unpaired) electrons. The molecule has 3 rings (SSSR count). The van der Waals surface area contributed by atoms with Crippen LogP contribution in [-0.4, -0.2) is 41.8 Å². The first-order chi connectivity index (χ1) is 12.7. The van der Waals surface area contributed by atoms with E-state index in [1.54, 1.807) is 0 Å². The molecule has 1 aromatic heterocycles. The van der Waals surface area contributed by atoms with Gasteiger partial charge in [0.15, 0.2) is 9.84 Å². The maximum absolute atomic E-state index is 12.2. The van der Waals surface area contributed by atoms with Gasteiger partial charge in [0.1, 0.15) is 0 Å². The summed E-state index contributed by atoms with van der Waals surface area (Å²) in [5.41, 5.74) is 4.04. The molecule has 0 aliphatic carbocycles. The second-order valence-electron chi connectivity index (χ2n) is 7.05. The van der Waals surface area contributed by atoms with Gasteiger partial charge < -0.3 is 9.73 Å². The van der Waals surface area contributed by atoms with Crippen molar-refractivity contribution in [3.8, 4) is 0 Å². The van der Waals surface area contributed by atoms with Crippen molar-refractivity contribution in [2.75, 3.05) is 22.6 Å². The van der Waals surface area contributed by atoms with E-state index >= 15 is 0 Å². The number of hydrogen-bond donors (Lipinski definition) is 1. The number of aryl methyl sites for hydroxylation is 3. The maximum atomic E-state index is 12.2. The number of amides is 1. The highest BCUT2D eigenvalue weighted by molar-refractivity contribution is 7.99. The Morgan fingerprint density at radius 2 is 1.96 bits per heavy atom. The molecule has 1 aliphatic heterocycles. The summed E-state index contributed by atoms with van der Waals surface area (Å²) in [6.07, 6.45) is 1.09. The number of carbonyl (C=O) groups is 1. The number of aromatic nitrogens is 2. The topological polar surface area (TPSA) is 102 Å². The molecule has 1 amide bonds. The Kier molecular flexibility index (Phi) is 5.90. The van der Waals surface area contributed by atoms with E-state index in [2.05, 4.69) is 15.5 Å². The van der Waals surface area contributed by atoms with Crippen molar-refractivity contribution in [2.45, 2.75) is 38.8 Å². The van der Waals surface area contributed by atoms with Crippen molar-refractivity contribution in [2.24, 2.45) is 5.92 Å². The van der Waals surface area contributed by atoms with Crippen molar-refractivity contribution in [1.29, 1.82) is 0 Å². The van der Waals surface area contributed by atoms with Crippen LogP contribution in [0.1, 0.15) is 29.0 Å². The molecule has 1 atom stereocenters. The first-order valence-corrected chi connectivity index (χ1v) is 11.6. The number of nitrogens with one attached hydrogen (secondary N) is 1. The van der Waals surface area contributed by atoms with Gasteiger partial charge in [-0.1, -0.05) is 29.5 Å². The van der Waals surface area contributed by atoms with Gasteiger partial charge in [0.05, 0.1) is 17.3 Å². The minimum absolute atomic E-state index is 0.0316. The SMILES string of the molecule is Cc1cc(C)c(NC(=O)CSc2nnc(C[C@H]3CCS(=O)(=O)C3)o2)c(C)c1. The molecule has 1 aromatic carbocycles. The van der Waals surface area contributed by atoms with E-state index in [-0.39, 0.29) is 29.1 Å². The van der Waals surface area contributed by atoms with Crippen molar-refractivity contribution in [3.63, 3.8) is 0 Å². The molecule has 1 fully saturated rings. The largest absolute Gasteiger partial charge is 0.416 e. The monoisotopic (exact) mass is 409 g/mol. The fourth-order valence-corrected chi connectivity index (χ4v) is 5.78. The second kappa shape index (κ2) is 8.02. The van der Waals surface area contributed by atoms with E-state index in [0.29, 0.717) is 24.0 Å². The van der Waals surface area contributed by atoms with Crippen LogP contribution in [0.4, 0.5) is 5.69 Å². The number of nitrogens with zero attached hydrogens (tertiary/aromatic N) is 2. The van der Waals surface area contributed by atoms with Gasteiger partial charge in [0, 0.05) is 12.1 Å². The number of carbonyl (C=O) groups excluding carboxylic acids is 1. The lowest BCUT2D eigenvalue weighted by Gasteiger charge is -2.12. The third-order valence-electron chi connectivity index (χ3n) is 4.51. The lowest BCUT2D eigenvalue weighted by Crippen LogP contribution is -2.15. The van der Waals surface area contributed by atoms with E-state index in [1.165, 1.54) is 11.8 Å². The predicted octanol–water partition coefficient (Wildman–Crippen LogP) is 2.70. The highest BCUT2D eigenvalue weighted by Crippen LogP contribution is 2.25. The zero-order chi connectivity index (χ0) is 19.6. The molecular formula is C18H23N3O4S2. The Morgan fingerprint density at radius 3 is 2.59 bits per heavy atom. The number of anilines is 1. The molecule has 9 heteroatoms. The van der Waals surface area contributed by atoms with Crippen molar-refractivity contribution >= 4 is 33.2 Å². The Hall–Kier alpha value is -1.87. The van der Waals surface area contributed by atoms with Crippen LogP contribution in [0.3, 0.4) is 0 Å². The summed E-state index contributed by atoms with van der Waals surface area (Å²) in [6.45, 7) is 5.96. The Morgan fingerprint density at radius 1 is 1.26 bits per heavy atom. The van der Waals surface area contributed by atoms with Crippen LogP contribution in [0.25, 0.3) is 0 Å². The van der Waals surface area contributed by atoms with Crippen molar-refractivity contribution < 1.29 is 17.6 Å². The summed E-state index contributed by atoms with van der Waals surface area (Å²) in [6, 6.07) is 4.06. The van der Waals surface area contributed by atoms with Crippen LogP contribution in [0.15, 0.2) is 21.8 Å². The van der Waals surface area contributed by atoms with Gasteiger partial charge in [-0.05, 0) is 44.2 Å². The van der Waals surface area contributed by atoms with Crippen molar-refractivity contribution in [1.82, 2.24) is 10.2 Å². The number of sulfone groups is 1. The number of thioether (sulfide) groups is 1. The summed E-state index contributed by atoms with van der Waals surface area (Å²) in [5, 5.41) is 11.2. The van der Waals surface area contributed by atoms with Gasteiger partial charge in [-0.2, -0.15) is 0 Å². The lowest BCUT2D eigenvalue weighted by atomic mass is 10.1. The molecule has 1 N–H and O–H groups in total. The molecule has 1 aliphatic rings. The highest BCUT2D eigenvalue weighted by atomic mass is 32.2. The standard InChI is InChI=1S/C18H23N3O4S2/c1-11-6-12(2)17(13(3)7-11)19-15(22)9-26-18-21-20-16(25-18)8-14-4-5-27(23,24)10-14/h6-7,14H,4-5,8-10H2,1-3H3,(H,19,22)/t14-/m1/s1. The Balaban J connectivity index is 1.52. The van der Waals surface area contributed by atoms with Crippen LogP contribution in [0.5, 0.6) is 0 Å². The predicted molar refractivity (Wildman–Crippen MR) is 105 cm³/mol. The molecule has 0 saturated carbocycles. The van der Waals surface area contributed by atoms with E-state index in [1.807, 2.05) is 32.9 Å². The fourth-order valence-electron chi connectivity index (χ4n) is 3.34. The van der Waals surface area contributed by atoms with E-state index < -0.39 is 9.84 Å². The quantitative estimate of drug-likeness (QED) is 0.732. The van der Waals surface area contributed by atoms with Gasteiger partial charge in [-0.25, -0.2) is 8.42 Å². The van der Waals surface area contributed by atoms with Gasteiger partial charge in [0.2, 0.25) is 11.8 Å². The first-order valence-electron chi connectivity index (χ1n) is 8.75. The first kappa shape index (κ1) is 19.9. The normalized spacial score (nSPS) is 18.6. The molecule has 0 bridgehead atoms. The summed E-state index contributed by atoms with van der Waals surface area (Å²) >= 11 is 1.17. The molecule has 0 spiro atoms. The second-order valence-corrected chi connectivity index (χ2v) is 10.2. The molecule has 1 saturated heterocycles. The number of rotatable bonds is 6. The van der Waals surface area contributed by atoms with Crippen molar-refractivity contribution in [3.05, 3.63) is 34.7 Å². The van der Waals surface area contributed by atoms with E-state index in [0.717, 1.165) is 22.4 Å². The van der Waals surface area contributed by atoms with Gasteiger partial charge in [-0.15, -0.1) is 10.2 Å². The molecular weight excluding hydrogens is 386 g/mol. The zero-order valence-corrected chi connectivity index (χ0v) is 17.2. The average Bonchev–Trinajstić information content (AvgIpc) is 3.15. The number of hydrogen-bond acceptors (Lipinski definition) is 7. The van der Waals surface area contributed by atoms with Gasteiger partial charge >= 0.3 is 0 Å². The van der Waals surface area contributed by atoms with Gasteiger partial charge in [-0.3, -0.25) is 4.79 Å². The molecule has 2 aromatic rings.